The lowest BCUT2D eigenvalue weighted by molar-refractivity contribution is -0.316. The maximum Gasteiger partial charge on any atom is 0.225 e. The third kappa shape index (κ3) is 24.7. The van der Waals surface area contributed by atoms with Gasteiger partial charge in [0.15, 0.2) is 12.1 Å². The molecule has 1 aliphatic heterocycles. The fourth-order valence-corrected chi connectivity index (χ4v) is 5.88. The van der Waals surface area contributed by atoms with Crippen molar-refractivity contribution in [2.45, 2.75) is 83.3 Å². The molecule has 1 aromatic heterocycles. The van der Waals surface area contributed by atoms with Gasteiger partial charge in [-0.05, 0) is 57.5 Å². The normalized spacial score (nSPS) is 18.2. The van der Waals surface area contributed by atoms with Crippen molar-refractivity contribution in [1.82, 2.24) is 35.9 Å². The molecule has 1 aromatic carbocycles. The molecule has 0 bridgehead atoms. The summed E-state index contributed by atoms with van der Waals surface area (Å²) in [6.45, 7) is 11.5. The zero-order valence-corrected chi connectivity index (χ0v) is 38.9. The molecule has 5 N–H and O–H groups in total. The molecule has 25 nitrogen and oxygen atoms in total. The fourth-order valence-electron chi connectivity index (χ4n) is 5.88. The van der Waals surface area contributed by atoms with E-state index in [1.165, 1.54) is 0 Å². The molecule has 25 heteroatoms. The molecule has 376 valence electrons. The molecule has 0 saturated carbocycles. The quantitative estimate of drug-likeness (QED) is 0.0260. The Morgan fingerprint density at radius 1 is 0.716 bits per heavy atom. The van der Waals surface area contributed by atoms with E-state index in [2.05, 4.69) is 41.1 Å². The molecule has 2 heterocycles. The van der Waals surface area contributed by atoms with Crippen molar-refractivity contribution in [2.75, 3.05) is 119 Å². The number of hydrogen-bond donors (Lipinski definition) is 5. The summed E-state index contributed by atoms with van der Waals surface area (Å²) in [7, 11) is 0. The lowest BCUT2D eigenvalue weighted by atomic mass is 9.98. The van der Waals surface area contributed by atoms with Gasteiger partial charge in [0.25, 0.3) is 0 Å². The average molecular weight is 953 g/mol. The maximum absolute atomic E-state index is 13.1. The highest BCUT2D eigenvalue weighted by Gasteiger charge is 2.45. The monoisotopic (exact) mass is 952 g/mol. The zero-order chi connectivity index (χ0) is 48.7. The molecule has 0 radical (unpaired) electrons. The van der Waals surface area contributed by atoms with Crippen molar-refractivity contribution in [3.05, 3.63) is 40.5 Å². The minimum absolute atomic E-state index is 0.0782. The van der Waals surface area contributed by atoms with Crippen LogP contribution in [0.2, 0.25) is 0 Å². The predicted molar refractivity (Wildman–Crippen MR) is 236 cm³/mol. The van der Waals surface area contributed by atoms with E-state index >= 15 is 0 Å². The highest BCUT2D eigenvalue weighted by molar-refractivity contribution is 5.83. The molecule has 3 amide bonds. The molecule has 1 saturated heterocycles. The number of aliphatic hydroxyl groups is 3. The average Bonchev–Trinajstić information content (AvgIpc) is 3.30. The van der Waals surface area contributed by atoms with Crippen LogP contribution in [0.5, 0.6) is 5.75 Å². The number of carbonyl (C=O) groups excluding carboxylic acids is 3. The SMILES string of the molecule is Cc1nnc(-c2ccc(OCCOCCOCCOCCOCCC(=O)N(CCNC(=O)CCC(=O)NCC3O[C@H](OC(C)(C)C)C(O)[C@@H](O)[C@@H]3O)CCOCCOCCN=[N+]=[N-])cc2)nn1. The number of hydrogen-bond acceptors (Lipinski definition) is 20. The van der Waals surface area contributed by atoms with Crippen molar-refractivity contribution in [2.24, 2.45) is 5.11 Å². The molecule has 5 atom stereocenters. The topological polar surface area (TPSA) is 323 Å². The number of aryl methyl sites for hydroxylation is 1. The summed E-state index contributed by atoms with van der Waals surface area (Å²) in [5.41, 5.74) is 8.42. The molecule has 1 fully saturated rings. The summed E-state index contributed by atoms with van der Waals surface area (Å²) in [6.07, 6.45) is -7.07. The summed E-state index contributed by atoms with van der Waals surface area (Å²) in [5, 5.41) is 55.4. The first-order valence-electron chi connectivity index (χ1n) is 22.2. The van der Waals surface area contributed by atoms with Gasteiger partial charge in [-0.2, -0.15) is 0 Å². The van der Waals surface area contributed by atoms with Crippen molar-refractivity contribution in [3.8, 4) is 17.1 Å². The first-order valence-corrected chi connectivity index (χ1v) is 22.2. The van der Waals surface area contributed by atoms with Crippen LogP contribution >= 0.6 is 0 Å². The van der Waals surface area contributed by atoms with E-state index in [4.69, 9.17) is 48.2 Å². The number of carbonyl (C=O) groups is 3. The van der Waals surface area contributed by atoms with Crippen LogP contribution in [0.25, 0.3) is 21.8 Å². The van der Waals surface area contributed by atoms with E-state index in [1.54, 1.807) is 32.6 Å². The molecule has 67 heavy (non-hydrogen) atoms. The van der Waals surface area contributed by atoms with E-state index in [0.717, 1.165) is 5.56 Å². The van der Waals surface area contributed by atoms with E-state index in [9.17, 15) is 29.7 Å². The minimum atomic E-state index is -1.56. The second-order valence-electron chi connectivity index (χ2n) is 15.8. The number of aliphatic hydroxyl groups excluding tert-OH is 3. The van der Waals surface area contributed by atoms with Crippen LogP contribution < -0.4 is 15.4 Å². The number of azide groups is 1. The van der Waals surface area contributed by atoms with Crippen molar-refractivity contribution in [1.29, 1.82) is 0 Å². The summed E-state index contributed by atoms with van der Waals surface area (Å²) >= 11 is 0. The Balaban J connectivity index is 1.24. The van der Waals surface area contributed by atoms with Gasteiger partial charge in [-0.15, -0.1) is 20.4 Å². The minimum Gasteiger partial charge on any atom is -0.491 e. The Hall–Kier alpha value is -4.76. The van der Waals surface area contributed by atoms with Gasteiger partial charge in [-0.25, -0.2) is 0 Å². The molecule has 1 aliphatic rings. The number of amides is 3. The molecule has 3 rings (SSSR count). The van der Waals surface area contributed by atoms with Gasteiger partial charge in [-0.3, -0.25) is 14.4 Å². The van der Waals surface area contributed by atoms with Crippen molar-refractivity contribution >= 4 is 17.7 Å². The number of rotatable bonds is 35. The van der Waals surface area contributed by atoms with Gasteiger partial charge < -0.3 is 73.5 Å². The van der Waals surface area contributed by atoms with Crippen LogP contribution in [-0.2, 0) is 52.3 Å². The van der Waals surface area contributed by atoms with E-state index < -0.39 is 48.1 Å². The maximum atomic E-state index is 13.1. The number of benzene rings is 1. The standard InChI is InChI=1S/C42H68N10O15/c1-30-47-49-40(50-48-30)31-5-7-32(8-6-31)65-28-27-64-26-25-63-24-23-62-22-19-59-16-11-36(55)52(15-18-61-21-20-60-17-13-46-51-43)14-12-44-34(53)9-10-35(54)45-29-33-37(56)38(57)39(58)41(66-33)67-42(2,3)4/h5-8,33,37-39,41,56-58H,9-29H2,1-4H3,(H,44,53)(H,45,54)/t33?,37-,38+,39?,41-/m1/s1. The van der Waals surface area contributed by atoms with E-state index in [1.807, 2.05) is 24.3 Å². The summed E-state index contributed by atoms with van der Waals surface area (Å²) in [5.74, 6) is 0.490. The van der Waals surface area contributed by atoms with E-state index in [-0.39, 0.29) is 97.5 Å². The van der Waals surface area contributed by atoms with Gasteiger partial charge in [0.1, 0.15) is 36.8 Å². The van der Waals surface area contributed by atoms with Crippen LogP contribution in [0.15, 0.2) is 29.4 Å². The highest BCUT2D eigenvalue weighted by Crippen LogP contribution is 2.25. The molecule has 2 unspecified atom stereocenters. The van der Waals surface area contributed by atoms with Crippen LogP contribution in [0.4, 0.5) is 0 Å². The predicted octanol–water partition coefficient (Wildman–Crippen LogP) is -0.115. The Kier molecular flexibility index (Phi) is 27.7. The first kappa shape index (κ1) is 56.6. The van der Waals surface area contributed by atoms with Crippen LogP contribution in [-0.4, -0.2) is 213 Å². The third-order valence-corrected chi connectivity index (χ3v) is 9.31. The Morgan fingerprint density at radius 3 is 1.87 bits per heavy atom. The highest BCUT2D eigenvalue weighted by atomic mass is 16.7. The summed E-state index contributed by atoms with van der Waals surface area (Å²) < 4.78 is 50.1. The van der Waals surface area contributed by atoms with Crippen molar-refractivity contribution in [3.63, 3.8) is 0 Å². The second kappa shape index (κ2) is 32.9. The second-order valence-corrected chi connectivity index (χ2v) is 15.8. The largest absolute Gasteiger partial charge is 0.491 e. The molecular formula is C42H68N10O15. The number of nitrogens with one attached hydrogen (secondary N) is 2. The zero-order valence-electron chi connectivity index (χ0n) is 38.9. The van der Waals surface area contributed by atoms with Gasteiger partial charge in [0.2, 0.25) is 23.5 Å². The molecular weight excluding hydrogens is 885 g/mol. The van der Waals surface area contributed by atoms with E-state index in [0.29, 0.717) is 63.6 Å². The third-order valence-electron chi connectivity index (χ3n) is 9.31. The number of aromatic nitrogens is 4. The smallest absolute Gasteiger partial charge is 0.225 e. The van der Waals surface area contributed by atoms with Gasteiger partial charge in [0, 0.05) is 56.0 Å². The summed E-state index contributed by atoms with van der Waals surface area (Å²) in [6, 6.07) is 7.29. The van der Waals surface area contributed by atoms with Gasteiger partial charge in [0.05, 0.1) is 91.3 Å². The lowest BCUT2D eigenvalue weighted by Crippen LogP contribution is -2.61. The Morgan fingerprint density at radius 2 is 1.27 bits per heavy atom. The van der Waals surface area contributed by atoms with Gasteiger partial charge >= 0.3 is 0 Å². The molecule has 0 spiro atoms. The van der Waals surface area contributed by atoms with Crippen LogP contribution in [0.1, 0.15) is 45.9 Å². The van der Waals surface area contributed by atoms with Crippen LogP contribution in [0.3, 0.4) is 0 Å². The van der Waals surface area contributed by atoms with Crippen LogP contribution in [0, 0.1) is 6.92 Å². The number of ether oxygens (including phenoxy) is 9. The lowest BCUT2D eigenvalue weighted by Gasteiger charge is -2.42. The van der Waals surface area contributed by atoms with Gasteiger partial charge in [-0.1, -0.05) is 5.11 Å². The molecule has 0 aliphatic carbocycles. The first-order chi connectivity index (χ1) is 32.3. The van der Waals surface area contributed by atoms with Crippen molar-refractivity contribution < 1.29 is 72.3 Å². The fraction of sp³-hybridized carbons (Fsp3) is 0.738. The molecule has 2 aromatic rings. The number of nitrogens with zero attached hydrogens (tertiary/aromatic N) is 8. The summed E-state index contributed by atoms with van der Waals surface area (Å²) in [4.78, 5) is 42.4. The Bertz CT molecular complexity index is 1740. The Labute approximate surface area is 390 Å².